The van der Waals surface area contributed by atoms with E-state index in [1.807, 2.05) is 6.92 Å². The summed E-state index contributed by atoms with van der Waals surface area (Å²) in [6.07, 6.45) is 1.30. The van der Waals surface area contributed by atoms with Crippen molar-refractivity contribution in [1.82, 2.24) is 5.32 Å². The van der Waals surface area contributed by atoms with E-state index in [-0.39, 0.29) is 31.3 Å². The van der Waals surface area contributed by atoms with E-state index in [1.165, 1.54) is 0 Å². The maximum Gasteiger partial charge on any atom is 0.328 e. The summed E-state index contributed by atoms with van der Waals surface area (Å²) < 4.78 is 9.65. The van der Waals surface area contributed by atoms with Crippen LogP contribution in [0.25, 0.3) is 0 Å². The highest BCUT2D eigenvalue weighted by Crippen LogP contribution is 2.03. The lowest BCUT2D eigenvalue weighted by atomic mass is 10.1. The van der Waals surface area contributed by atoms with Gasteiger partial charge >= 0.3 is 11.9 Å². The van der Waals surface area contributed by atoms with Gasteiger partial charge in [-0.25, -0.2) is 4.79 Å². The molecule has 1 N–H and O–H groups in total. The molecular weight excluding hydrogens is 250 g/mol. The molecule has 0 rings (SSSR count). The fraction of sp³-hybridized carbons (Fsp3) is 0.769. The van der Waals surface area contributed by atoms with Crippen LogP contribution in [-0.2, 0) is 23.9 Å². The highest BCUT2D eigenvalue weighted by atomic mass is 16.5. The molecule has 6 heteroatoms. The Morgan fingerprint density at radius 1 is 1.00 bits per heavy atom. The number of nitrogens with one attached hydrogen (secondary N) is 1. The minimum absolute atomic E-state index is 0.0731. The van der Waals surface area contributed by atoms with Crippen molar-refractivity contribution in [2.75, 3.05) is 13.2 Å². The Morgan fingerprint density at radius 3 is 2.16 bits per heavy atom. The molecule has 19 heavy (non-hydrogen) atoms. The SMILES string of the molecule is CCCC(=O)N[C@@H](CCC(=O)OCC)C(=O)OCC. The third-order valence-electron chi connectivity index (χ3n) is 2.33. The van der Waals surface area contributed by atoms with Gasteiger partial charge in [0.1, 0.15) is 6.04 Å². The summed E-state index contributed by atoms with van der Waals surface area (Å²) in [6.45, 7) is 5.80. The fourth-order valence-corrected chi connectivity index (χ4v) is 1.48. The second kappa shape index (κ2) is 10.3. The molecule has 0 aliphatic carbocycles. The highest BCUT2D eigenvalue weighted by Gasteiger charge is 2.22. The quantitative estimate of drug-likeness (QED) is 0.638. The number of esters is 2. The van der Waals surface area contributed by atoms with E-state index in [9.17, 15) is 14.4 Å². The first-order valence-corrected chi connectivity index (χ1v) is 6.66. The summed E-state index contributed by atoms with van der Waals surface area (Å²) in [7, 11) is 0. The zero-order valence-electron chi connectivity index (χ0n) is 11.9. The maximum atomic E-state index is 11.7. The normalized spacial score (nSPS) is 11.5. The van der Waals surface area contributed by atoms with Crippen molar-refractivity contribution in [3.8, 4) is 0 Å². The summed E-state index contributed by atoms with van der Waals surface area (Å²) >= 11 is 0. The summed E-state index contributed by atoms with van der Waals surface area (Å²) in [5, 5.41) is 2.58. The summed E-state index contributed by atoms with van der Waals surface area (Å²) in [5.74, 6) is -1.12. The van der Waals surface area contributed by atoms with Crippen molar-refractivity contribution in [1.29, 1.82) is 0 Å². The Labute approximate surface area is 113 Å². The third kappa shape index (κ3) is 8.18. The first-order valence-electron chi connectivity index (χ1n) is 6.66. The molecule has 0 saturated carbocycles. The van der Waals surface area contributed by atoms with E-state index in [2.05, 4.69) is 5.32 Å². The smallest absolute Gasteiger partial charge is 0.328 e. The Bertz CT molecular complexity index is 303. The Balaban J connectivity index is 4.37. The van der Waals surface area contributed by atoms with Gasteiger partial charge in [0, 0.05) is 12.8 Å². The third-order valence-corrected chi connectivity index (χ3v) is 2.33. The average Bonchev–Trinajstić information content (AvgIpc) is 2.35. The van der Waals surface area contributed by atoms with Gasteiger partial charge in [-0.15, -0.1) is 0 Å². The Morgan fingerprint density at radius 2 is 1.63 bits per heavy atom. The van der Waals surface area contributed by atoms with E-state index in [1.54, 1.807) is 13.8 Å². The maximum absolute atomic E-state index is 11.7. The van der Waals surface area contributed by atoms with Crippen LogP contribution >= 0.6 is 0 Å². The monoisotopic (exact) mass is 273 g/mol. The minimum Gasteiger partial charge on any atom is -0.466 e. The molecule has 0 aromatic carbocycles. The molecule has 0 aromatic rings. The van der Waals surface area contributed by atoms with E-state index in [0.717, 1.165) is 0 Å². The van der Waals surface area contributed by atoms with Crippen LogP contribution in [0.2, 0.25) is 0 Å². The topological polar surface area (TPSA) is 81.7 Å². The number of amides is 1. The second-order valence-corrected chi connectivity index (χ2v) is 3.97. The molecule has 1 atom stereocenters. The largest absolute Gasteiger partial charge is 0.466 e. The van der Waals surface area contributed by atoms with Crippen molar-refractivity contribution in [3.63, 3.8) is 0 Å². The molecule has 0 aliphatic rings. The average molecular weight is 273 g/mol. The van der Waals surface area contributed by atoms with Crippen LogP contribution in [0, 0.1) is 0 Å². The number of carbonyl (C=O) groups excluding carboxylic acids is 3. The fourth-order valence-electron chi connectivity index (χ4n) is 1.48. The van der Waals surface area contributed by atoms with Crippen LogP contribution in [0.4, 0.5) is 0 Å². The van der Waals surface area contributed by atoms with Crippen molar-refractivity contribution in [3.05, 3.63) is 0 Å². The van der Waals surface area contributed by atoms with Gasteiger partial charge in [-0.3, -0.25) is 9.59 Å². The van der Waals surface area contributed by atoms with Crippen LogP contribution in [0.5, 0.6) is 0 Å². The van der Waals surface area contributed by atoms with E-state index in [4.69, 9.17) is 9.47 Å². The van der Waals surface area contributed by atoms with Crippen LogP contribution in [0.15, 0.2) is 0 Å². The van der Waals surface area contributed by atoms with Crippen LogP contribution in [0.3, 0.4) is 0 Å². The van der Waals surface area contributed by atoms with Crippen molar-refractivity contribution in [2.45, 2.75) is 52.5 Å². The molecular formula is C13H23NO5. The van der Waals surface area contributed by atoms with Gasteiger partial charge < -0.3 is 14.8 Å². The molecule has 0 radical (unpaired) electrons. The van der Waals surface area contributed by atoms with Crippen molar-refractivity contribution < 1.29 is 23.9 Å². The molecule has 0 unspecified atom stereocenters. The van der Waals surface area contributed by atoms with Gasteiger partial charge in [-0.1, -0.05) is 6.92 Å². The zero-order valence-corrected chi connectivity index (χ0v) is 11.9. The first kappa shape index (κ1) is 17.4. The van der Waals surface area contributed by atoms with E-state index in [0.29, 0.717) is 19.4 Å². The van der Waals surface area contributed by atoms with Crippen LogP contribution < -0.4 is 5.32 Å². The van der Waals surface area contributed by atoms with Gasteiger partial charge in [0.15, 0.2) is 0 Å². The van der Waals surface area contributed by atoms with Gasteiger partial charge in [-0.05, 0) is 26.7 Å². The molecule has 0 aromatic heterocycles. The molecule has 110 valence electrons. The van der Waals surface area contributed by atoms with E-state index < -0.39 is 12.0 Å². The number of carbonyl (C=O) groups is 3. The van der Waals surface area contributed by atoms with Crippen LogP contribution in [-0.4, -0.2) is 37.1 Å². The molecule has 1 amide bonds. The highest BCUT2D eigenvalue weighted by molar-refractivity contribution is 5.84. The Kier molecular flexibility index (Phi) is 9.48. The molecule has 0 aliphatic heterocycles. The number of hydrogen-bond acceptors (Lipinski definition) is 5. The van der Waals surface area contributed by atoms with Gasteiger partial charge in [0.05, 0.1) is 13.2 Å². The van der Waals surface area contributed by atoms with Crippen LogP contribution in [0.1, 0.15) is 46.5 Å². The van der Waals surface area contributed by atoms with Gasteiger partial charge in [-0.2, -0.15) is 0 Å². The molecule has 0 fully saturated rings. The molecule has 0 heterocycles. The van der Waals surface area contributed by atoms with E-state index >= 15 is 0 Å². The molecule has 6 nitrogen and oxygen atoms in total. The predicted octanol–water partition coefficient (Wildman–Crippen LogP) is 1.18. The number of ether oxygens (including phenoxy) is 2. The molecule has 0 saturated heterocycles. The molecule has 0 spiro atoms. The first-order chi connectivity index (χ1) is 9.04. The standard InChI is InChI=1S/C13H23NO5/c1-4-7-11(15)14-10(13(17)19-6-3)8-9-12(16)18-5-2/h10H,4-9H2,1-3H3,(H,14,15)/t10-/m0/s1. The summed E-state index contributed by atoms with van der Waals surface area (Å²) in [5.41, 5.74) is 0. The van der Waals surface area contributed by atoms with Gasteiger partial charge in [0.2, 0.25) is 5.91 Å². The number of hydrogen-bond donors (Lipinski definition) is 1. The predicted molar refractivity (Wildman–Crippen MR) is 69.3 cm³/mol. The lowest BCUT2D eigenvalue weighted by Gasteiger charge is -2.16. The lowest BCUT2D eigenvalue weighted by Crippen LogP contribution is -2.42. The lowest BCUT2D eigenvalue weighted by molar-refractivity contribution is -0.148. The minimum atomic E-state index is -0.789. The summed E-state index contributed by atoms with van der Waals surface area (Å²) in [6, 6.07) is -0.789. The number of rotatable bonds is 9. The Hall–Kier alpha value is -1.59. The second-order valence-electron chi connectivity index (χ2n) is 3.97. The van der Waals surface area contributed by atoms with Gasteiger partial charge in [0.25, 0.3) is 0 Å². The zero-order chi connectivity index (χ0) is 14.7. The van der Waals surface area contributed by atoms with Crippen molar-refractivity contribution in [2.24, 2.45) is 0 Å². The molecule has 0 bridgehead atoms. The summed E-state index contributed by atoms with van der Waals surface area (Å²) in [4.78, 5) is 34.4. The van der Waals surface area contributed by atoms with Crippen molar-refractivity contribution >= 4 is 17.8 Å².